The predicted molar refractivity (Wildman–Crippen MR) is 52.4 cm³/mol. The molecule has 1 aromatic heterocycles. The van der Waals surface area contributed by atoms with E-state index in [0.29, 0.717) is 5.56 Å². The lowest BCUT2D eigenvalue weighted by molar-refractivity contribution is 0.620. The molecule has 0 aliphatic rings. The summed E-state index contributed by atoms with van der Waals surface area (Å²) in [6.45, 7) is 0. The van der Waals surface area contributed by atoms with E-state index in [1.54, 1.807) is 6.07 Å². The van der Waals surface area contributed by atoms with Crippen molar-refractivity contribution in [2.45, 2.75) is 0 Å². The lowest BCUT2D eigenvalue weighted by Gasteiger charge is -2.00. The van der Waals surface area contributed by atoms with Crippen LogP contribution in [0, 0.1) is 11.6 Å². The molecular weight excluding hydrogens is 200 g/mol. The minimum Gasteiger partial charge on any atom is -0.326 e. The van der Waals surface area contributed by atoms with Gasteiger partial charge in [-0.15, -0.1) is 0 Å². The third kappa shape index (κ3) is 1.93. The lowest BCUT2D eigenvalue weighted by atomic mass is 10.1. The fourth-order valence-corrected chi connectivity index (χ4v) is 1.33. The topological polar surface area (TPSA) is 32.9 Å². The van der Waals surface area contributed by atoms with E-state index in [1.165, 1.54) is 18.2 Å². The van der Waals surface area contributed by atoms with Gasteiger partial charge in [0.2, 0.25) is 0 Å². The van der Waals surface area contributed by atoms with Crippen molar-refractivity contribution in [3.8, 4) is 11.1 Å². The third-order valence-electron chi connectivity index (χ3n) is 2.00. The molecule has 2 nitrogen and oxygen atoms in total. The highest BCUT2D eigenvalue weighted by molar-refractivity contribution is 5.62. The molecule has 0 saturated heterocycles. The van der Waals surface area contributed by atoms with Crippen LogP contribution in [0.15, 0.2) is 41.3 Å². The number of halogens is 2. The Kier molecular flexibility index (Phi) is 2.33. The first-order valence-corrected chi connectivity index (χ1v) is 4.31. The van der Waals surface area contributed by atoms with Crippen molar-refractivity contribution in [1.29, 1.82) is 0 Å². The summed E-state index contributed by atoms with van der Waals surface area (Å²) in [6, 6.07) is 6.54. The average molecular weight is 207 g/mol. The largest absolute Gasteiger partial charge is 0.326 e. The minimum absolute atomic E-state index is 0.120. The Hall–Kier alpha value is -1.97. The van der Waals surface area contributed by atoms with Gasteiger partial charge in [0, 0.05) is 11.8 Å². The SMILES string of the molecule is O=c1[nH]cc(F)cc1-c1cccc(F)c1. The van der Waals surface area contributed by atoms with Crippen LogP contribution in [-0.2, 0) is 0 Å². The van der Waals surface area contributed by atoms with E-state index >= 15 is 0 Å². The summed E-state index contributed by atoms with van der Waals surface area (Å²) in [7, 11) is 0. The van der Waals surface area contributed by atoms with E-state index < -0.39 is 17.2 Å². The summed E-state index contributed by atoms with van der Waals surface area (Å²) in [5, 5.41) is 0. The van der Waals surface area contributed by atoms with Crippen LogP contribution in [0.4, 0.5) is 8.78 Å². The molecule has 2 rings (SSSR count). The molecular formula is C11H7F2NO. The molecule has 2 aromatic rings. The van der Waals surface area contributed by atoms with Crippen molar-refractivity contribution in [3.63, 3.8) is 0 Å². The van der Waals surface area contributed by atoms with Gasteiger partial charge < -0.3 is 4.98 Å². The molecule has 0 amide bonds. The first-order chi connectivity index (χ1) is 7.16. The van der Waals surface area contributed by atoms with Gasteiger partial charge in [-0.25, -0.2) is 8.78 Å². The Labute approximate surface area is 84.2 Å². The number of hydrogen-bond donors (Lipinski definition) is 1. The van der Waals surface area contributed by atoms with Crippen LogP contribution in [0.5, 0.6) is 0 Å². The number of pyridine rings is 1. The van der Waals surface area contributed by atoms with Crippen LogP contribution in [0.3, 0.4) is 0 Å². The molecule has 0 spiro atoms. The number of aromatic nitrogens is 1. The standard InChI is InChI=1S/C11H7F2NO/c12-8-3-1-2-7(4-8)10-5-9(13)6-14-11(10)15/h1-6H,(H,14,15). The van der Waals surface area contributed by atoms with Crippen molar-refractivity contribution in [2.75, 3.05) is 0 Å². The van der Waals surface area contributed by atoms with Crippen molar-refractivity contribution < 1.29 is 8.78 Å². The molecule has 1 heterocycles. The Balaban J connectivity index is 2.63. The van der Waals surface area contributed by atoms with Gasteiger partial charge in [-0.05, 0) is 23.8 Å². The van der Waals surface area contributed by atoms with Gasteiger partial charge in [-0.1, -0.05) is 12.1 Å². The molecule has 0 unspecified atom stereocenters. The summed E-state index contributed by atoms with van der Waals surface area (Å²) in [5.41, 5.74) is 0.0345. The molecule has 0 fully saturated rings. The molecule has 0 radical (unpaired) electrons. The van der Waals surface area contributed by atoms with Crippen LogP contribution < -0.4 is 5.56 Å². The maximum absolute atomic E-state index is 12.9. The highest BCUT2D eigenvalue weighted by atomic mass is 19.1. The Bertz CT molecular complexity index is 548. The molecule has 15 heavy (non-hydrogen) atoms. The van der Waals surface area contributed by atoms with Crippen molar-refractivity contribution in [2.24, 2.45) is 0 Å². The van der Waals surface area contributed by atoms with E-state index in [1.807, 2.05) is 0 Å². The summed E-state index contributed by atoms with van der Waals surface area (Å²) < 4.78 is 25.7. The van der Waals surface area contributed by atoms with E-state index in [-0.39, 0.29) is 5.56 Å². The fourth-order valence-electron chi connectivity index (χ4n) is 1.33. The van der Waals surface area contributed by atoms with Gasteiger partial charge >= 0.3 is 0 Å². The Morgan fingerprint density at radius 3 is 2.60 bits per heavy atom. The number of rotatable bonds is 1. The summed E-state index contributed by atoms with van der Waals surface area (Å²) >= 11 is 0. The molecule has 0 atom stereocenters. The van der Waals surface area contributed by atoms with Crippen molar-refractivity contribution in [3.05, 3.63) is 58.5 Å². The number of nitrogens with one attached hydrogen (secondary N) is 1. The summed E-state index contributed by atoms with van der Waals surface area (Å²) in [6.07, 6.45) is 0.963. The fraction of sp³-hybridized carbons (Fsp3) is 0. The van der Waals surface area contributed by atoms with Crippen LogP contribution in [0.2, 0.25) is 0 Å². The lowest BCUT2D eigenvalue weighted by Crippen LogP contribution is -2.08. The molecule has 4 heteroatoms. The molecule has 76 valence electrons. The molecule has 0 bridgehead atoms. The minimum atomic E-state index is -0.561. The monoisotopic (exact) mass is 207 g/mol. The Morgan fingerprint density at radius 1 is 1.07 bits per heavy atom. The molecule has 1 N–H and O–H groups in total. The van der Waals surface area contributed by atoms with Gasteiger partial charge in [-0.3, -0.25) is 4.79 Å². The molecule has 0 saturated carbocycles. The second kappa shape index (κ2) is 3.65. The molecule has 0 aliphatic heterocycles. The zero-order valence-electron chi connectivity index (χ0n) is 7.63. The number of hydrogen-bond acceptors (Lipinski definition) is 1. The average Bonchev–Trinajstić information content (AvgIpc) is 2.22. The highest BCUT2D eigenvalue weighted by Crippen LogP contribution is 2.16. The van der Waals surface area contributed by atoms with Gasteiger partial charge in [0.25, 0.3) is 5.56 Å². The van der Waals surface area contributed by atoms with Crippen molar-refractivity contribution >= 4 is 0 Å². The highest BCUT2D eigenvalue weighted by Gasteiger charge is 2.05. The normalized spacial score (nSPS) is 10.3. The molecule has 0 aliphatic carbocycles. The smallest absolute Gasteiger partial charge is 0.256 e. The van der Waals surface area contributed by atoms with Gasteiger partial charge in [0.1, 0.15) is 11.6 Å². The number of benzene rings is 1. The second-order valence-corrected chi connectivity index (χ2v) is 3.07. The van der Waals surface area contributed by atoms with Crippen LogP contribution in [0.1, 0.15) is 0 Å². The first-order valence-electron chi connectivity index (χ1n) is 4.31. The van der Waals surface area contributed by atoms with Gasteiger partial charge in [0.15, 0.2) is 0 Å². The van der Waals surface area contributed by atoms with E-state index in [2.05, 4.69) is 4.98 Å². The zero-order chi connectivity index (χ0) is 10.8. The molecule has 1 aromatic carbocycles. The quantitative estimate of drug-likeness (QED) is 0.764. The van der Waals surface area contributed by atoms with Gasteiger partial charge in [0.05, 0.1) is 0 Å². The van der Waals surface area contributed by atoms with Crippen LogP contribution in [-0.4, -0.2) is 4.98 Å². The number of aromatic amines is 1. The van der Waals surface area contributed by atoms with Crippen LogP contribution >= 0.6 is 0 Å². The van der Waals surface area contributed by atoms with E-state index in [4.69, 9.17) is 0 Å². The predicted octanol–water partition coefficient (Wildman–Crippen LogP) is 2.32. The van der Waals surface area contributed by atoms with Gasteiger partial charge in [-0.2, -0.15) is 0 Å². The Morgan fingerprint density at radius 2 is 1.87 bits per heavy atom. The van der Waals surface area contributed by atoms with Crippen LogP contribution in [0.25, 0.3) is 11.1 Å². The second-order valence-electron chi connectivity index (χ2n) is 3.07. The third-order valence-corrected chi connectivity index (χ3v) is 2.00. The maximum atomic E-state index is 12.9. The summed E-state index contributed by atoms with van der Waals surface area (Å²) in [4.78, 5) is 13.6. The number of H-pyrrole nitrogens is 1. The van der Waals surface area contributed by atoms with E-state index in [9.17, 15) is 13.6 Å². The maximum Gasteiger partial charge on any atom is 0.256 e. The summed E-state index contributed by atoms with van der Waals surface area (Å²) in [5.74, 6) is -1.02. The van der Waals surface area contributed by atoms with E-state index in [0.717, 1.165) is 12.3 Å². The first kappa shape index (κ1) is 9.58. The zero-order valence-corrected chi connectivity index (χ0v) is 7.63. The van der Waals surface area contributed by atoms with Crippen molar-refractivity contribution in [1.82, 2.24) is 4.98 Å².